The van der Waals surface area contributed by atoms with E-state index >= 15 is 0 Å². The van der Waals surface area contributed by atoms with Crippen LogP contribution in [0.1, 0.15) is 22.3 Å². The van der Waals surface area contributed by atoms with E-state index in [-0.39, 0.29) is 33.2 Å². The van der Waals surface area contributed by atoms with E-state index in [1.807, 2.05) is 0 Å². The second-order valence-electron chi connectivity index (χ2n) is 0. The van der Waals surface area contributed by atoms with Gasteiger partial charge in [0.25, 0.3) is 0 Å². The maximum atomic E-state index is 7.00. The van der Waals surface area contributed by atoms with Crippen molar-refractivity contribution < 1.29 is 11.0 Å². The summed E-state index contributed by atoms with van der Waals surface area (Å²) in [6.45, 7) is 0. The Hall–Kier alpha value is -0.880. The molecule has 0 aliphatic heterocycles. The largest absolute Gasteiger partial charge is 0.412 e. The predicted molar refractivity (Wildman–Crippen MR) is 40.9 cm³/mol. The van der Waals surface area contributed by atoms with Crippen LogP contribution in [-0.4, -0.2) is 11.0 Å². The molecule has 6 nitrogen and oxygen atoms in total. The van der Waals surface area contributed by atoms with Crippen LogP contribution >= 0.6 is 0 Å². The SMILES string of the molecule is C.C.C.O.O.O=O.O=O. The molecule has 0 heterocycles. The van der Waals surface area contributed by atoms with Crippen LogP contribution in [0.25, 0.3) is 0 Å². The van der Waals surface area contributed by atoms with Gasteiger partial charge in [-0.3, -0.25) is 0 Å². The smallest absolute Gasteiger partial charge is 0 e. The van der Waals surface area contributed by atoms with Crippen molar-refractivity contribution in [3.8, 4) is 0 Å². The zero-order valence-corrected chi connectivity index (χ0v) is 2.63. The Balaban J connectivity index is -0.00000000114. The molecule has 0 fully saturated rings. The highest BCUT2D eigenvalue weighted by atomic mass is 16.7. The predicted octanol–water partition coefficient (Wildman–Crippen LogP) is 0.393. The summed E-state index contributed by atoms with van der Waals surface area (Å²) in [5, 5.41) is 0. The molecule has 9 heavy (non-hydrogen) atoms. The third-order valence-corrected chi connectivity index (χ3v) is 0. The van der Waals surface area contributed by atoms with Gasteiger partial charge in [-0.15, -0.1) is 0 Å². The minimum atomic E-state index is 0. The number of hydrogen-bond donors (Lipinski definition) is 0. The van der Waals surface area contributed by atoms with Crippen molar-refractivity contribution in [3.05, 3.63) is 19.9 Å². The van der Waals surface area contributed by atoms with Crippen molar-refractivity contribution in [2.45, 2.75) is 22.3 Å². The molecule has 0 aromatic heterocycles. The normalized spacial score (nSPS) is 0.889. The van der Waals surface area contributed by atoms with Gasteiger partial charge in [-0.25, -0.2) is 0 Å². The Bertz CT molecular complexity index is 10.3. The topological polar surface area (TPSA) is 131 Å². The summed E-state index contributed by atoms with van der Waals surface area (Å²) in [7, 11) is 0. The standard InChI is InChI=1S/3CH4.2O2.2H2O/c;;;2*1-2;;/h3*1H4;;;2*1H2. The summed E-state index contributed by atoms with van der Waals surface area (Å²) >= 11 is 0. The van der Waals surface area contributed by atoms with E-state index in [2.05, 4.69) is 0 Å². The lowest BCUT2D eigenvalue weighted by atomic mass is 12.0. The van der Waals surface area contributed by atoms with Gasteiger partial charge in [0.2, 0.25) is 0 Å². The Kier molecular flexibility index (Phi) is 12600. The summed E-state index contributed by atoms with van der Waals surface area (Å²) in [6.07, 6.45) is 0. The zero-order valence-electron chi connectivity index (χ0n) is 2.63. The lowest BCUT2D eigenvalue weighted by molar-refractivity contribution is 0.823. The highest BCUT2D eigenvalue weighted by Gasteiger charge is 0.709. The Morgan fingerprint density at radius 3 is 0.444 bits per heavy atom. The van der Waals surface area contributed by atoms with Crippen molar-refractivity contribution in [1.82, 2.24) is 0 Å². The zero-order chi connectivity index (χ0) is 4.00. The van der Waals surface area contributed by atoms with E-state index in [1.165, 1.54) is 0 Å². The molecule has 0 saturated carbocycles. The first-order valence-corrected chi connectivity index (χ1v) is 0.333. The average molecular weight is 148 g/mol. The maximum absolute atomic E-state index is 7.00. The third-order valence-electron chi connectivity index (χ3n) is 0. The fraction of sp³-hybridized carbons (Fsp3) is 1.00. The van der Waals surface area contributed by atoms with E-state index in [0.29, 0.717) is 0 Å². The molecular formula is C3H16O6. The summed E-state index contributed by atoms with van der Waals surface area (Å²) in [5.74, 6) is 0. The van der Waals surface area contributed by atoms with Crippen LogP contribution in [0.2, 0.25) is 0 Å². The Morgan fingerprint density at radius 1 is 0.444 bits per heavy atom. The molecule has 0 bridgehead atoms. The molecule has 0 saturated heterocycles. The monoisotopic (exact) mass is 148 g/mol. The molecule has 0 rings (SSSR count). The molecule has 0 aliphatic rings. The highest BCUT2D eigenvalue weighted by molar-refractivity contribution is 4.08. The van der Waals surface area contributed by atoms with Gasteiger partial charge in [-0.05, 0) is 0 Å². The van der Waals surface area contributed by atoms with Crippen molar-refractivity contribution in [1.29, 1.82) is 0 Å². The summed E-state index contributed by atoms with van der Waals surface area (Å²) in [6, 6.07) is 0. The first-order valence-electron chi connectivity index (χ1n) is 0.333. The van der Waals surface area contributed by atoms with E-state index < -0.39 is 0 Å². The van der Waals surface area contributed by atoms with Crippen LogP contribution in [0.4, 0.5) is 0 Å². The molecule has 0 aromatic carbocycles. The van der Waals surface area contributed by atoms with Crippen LogP contribution in [0.5, 0.6) is 0 Å². The number of hydrogen-bond acceptors (Lipinski definition) is 4. The second-order valence-corrected chi connectivity index (χ2v) is 0. The van der Waals surface area contributed by atoms with Gasteiger partial charge in [0.15, 0.2) is 0 Å². The first-order chi connectivity index (χ1) is 2.00. The molecule has 0 atom stereocenters. The molecule has 4 N–H and O–H groups in total. The van der Waals surface area contributed by atoms with Crippen LogP contribution in [0, 0.1) is 19.9 Å². The van der Waals surface area contributed by atoms with Gasteiger partial charge >= 0.3 is 0 Å². The van der Waals surface area contributed by atoms with Gasteiger partial charge in [0, 0.05) is 19.9 Å². The van der Waals surface area contributed by atoms with E-state index in [0.717, 1.165) is 0 Å². The van der Waals surface area contributed by atoms with E-state index in [9.17, 15) is 0 Å². The molecule has 6 heteroatoms. The Labute approximate surface area is 54.3 Å². The van der Waals surface area contributed by atoms with Gasteiger partial charge in [-0.1, -0.05) is 22.3 Å². The molecule has 0 radical (unpaired) electrons. The van der Waals surface area contributed by atoms with Gasteiger partial charge in [0.1, 0.15) is 0 Å². The minimum absolute atomic E-state index is 0. The van der Waals surface area contributed by atoms with Crippen LogP contribution in [-0.2, 0) is 0 Å². The highest BCUT2D eigenvalue weighted by Crippen LogP contribution is 0.743. The second kappa shape index (κ2) is 344. The van der Waals surface area contributed by atoms with Crippen molar-refractivity contribution in [2.75, 3.05) is 0 Å². The van der Waals surface area contributed by atoms with Crippen LogP contribution in [0.15, 0.2) is 0 Å². The van der Waals surface area contributed by atoms with Crippen LogP contribution in [0.3, 0.4) is 0 Å². The van der Waals surface area contributed by atoms with Crippen LogP contribution < -0.4 is 0 Å². The fourth-order valence-corrected chi connectivity index (χ4v) is 0. The van der Waals surface area contributed by atoms with E-state index in [1.54, 1.807) is 0 Å². The van der Waals surface area contributed by atoms with Gasteiger partial charge < -0.3 is 11.0 Å². The average Bonchev–Trinajstić information content (AvgIpc) is 1.50. The lowest BCUT2D eigenvalue weighted by Gasteiger charge is -0.707. The molecule has 0 aliphatic carbocycles. The van der Waals surface area contributed by atoms with Gasteiger partial charge in [0.05, 0.1) is 0 Å². The fourth-order valence-electron chi connectivity index (χ4n) is 0. The summed E-state index contributed by atoms with van der Waals surface area (Å²) < 4.78 is 0. The molecule has 0 amide bonds. The number of rotatable bonds is 0. The Morgan fingerprint density at radius 2 is 0.444 bits per heavy atom. The molecule has 0 aromatic rings. The molecule has 64 valence electrons. The summed E-state index contributed by atoms with van der Waals surface area (Å²) in [5.41, 5.74) is 0. The van der Waals surface area contributed by atoms with Crippen molar-refractivity contribution in [3.63, 3.8) is 0 Å². The quantitative estimate of drug-likeness (QED) is 0.491. The van der Waals surface area contributed by atoms with Crippen molar-refractivity contribution in [2.24, 2.45) is 0 Å². The molecular weight excluding hydrogens is 132 g/mol. The summed E-state index contributed by atoms with van der Waals surface area (Å²) in [4.78, 5) is 28.0. The molecule has 0 unspecified atom stereocenters. The van der Waals surface area contributed by atoms with Gasteiger partial charge in [-0.2, -0.15) is 0 Å². The first kappa shape index (κ1) is 328. The third kappa shape index (κ3) is 241. The minimum Gasteiger partial charge on any atom is -0.412 e. The lowest BCUT2D eigenvalue weighted by Crippen LogP contribution is -0.674. The molecule has 0 spiro atoms. The van der Waals surface area contributed by atoms with E-state index in [4.69, 9.17) is 19.9 Å². The maximum Gasteiger partial charge on any atom is 0 e. The van der Waals surface area contributed by atoms with Crippen molar-refractivity contribution >= 4 is 0 Å².